The van der Waals surface area contributed by atoms with Gasteiger partial charge in [-0.3, -0.25) is 0 Å². The Hall–Kier alpha value is -0.540. The van der Waals surface area contributed by atoms with E-state index < -0.39 is 0 Å². The second-order valence-corrected chi connectivity index (χ2v) is 2.51. The van der Waals surface area contributed by atoms with E-state index in [1.54, 1.807) is 6.20 Å². The fraction of sp³-hybridized carbons (Fsp3) is 0.333. The fourth-order valence-electron chi connectivity index (χ4n) is 1.05. The van der Waals surface area contributed by atoms with Crippen LogP contribution >= 0.6 is 24.0 Å². The summed E-state index contributed by atoms with van der Waals surface area (Å²) >= 11 is 5.57. The number of hydrogen-bond donors (Lipinski definition) is 1. The Kier molecular flexibility index (Phi) is 2.52. The second-order valence-electron chi connectivity index (χ2n) is 2.18. The van der Waals surface area contributed by atoms with Crippen LogP contribution in [0.2, 0.25) is 5.28 Å². The predicted octanol–water partition coefficient (Wildman–Crippen LogP) is 1.52. The molecule has 0 radical (unpaired) electrons. The van der Waals surface area contributed by atoms with E-state index >= 15 is 0 Å². The highest BCUT2D eigenvalue weighted by Gasteiger charge is 2.11. The zero-order valence-electron chi connectivity index (χ0n) is 5.67. The predicted molar refractivity (Wildman–Crippen MR) is 46.5 cm³/mol. The van der Waals surface area contributed by atoms with E-state index in [4.69, 9.17) is 11.6 Å². The molecule has 1 aliphatic rings. The van der Waals surface area contributed by atoms with Crippen molar-refractivity contribution in [2.75, 3.05) is 11.9 Å². The molecule has 60 valence electrons. The summed E-state index contributed by atoms with van der Waals surface area (Å²) in [6.07, 6.45) is 2.68. The molecule has 1 aromatic rings. The standard InChI is InChI=1S/C6H6ClN3.ClH/c7-6-9-3-5-4(10-6)1-2-8-5;/h3,8H,1-2H2;1H. The van der Waals surface area contributed by atoms with Gasteiger partial charge in [0, 0.05) is 13.0 Å². The highest BCUT2D eigenvalue weighted by atomic mass is 35.5. The van der Waals surface area contributed by atoms with Gasteiger partial charge in [0.1, 0.15) is 0 Å². The lowest BCUT2D eigenvalue weighted by atomic mass is 10.3. The minimum atomic E-state index is 0. The number of aromatic nitrogens is 2. The number of nitrogens with one attached hydrogen (secondary N) is 1. The lowest BCUT2D eigenvalue weighted by molar-refractivity contribution is 1.02. The molecule has 0 spiro atoms. The maximum Gasteiger partial charge on any atom is 0.222 e. The van der Waals surface area contributed by atoms with Gasteiger partial charge in [-0.2, -0.15) is 0 Å². The van der Waals surface area contributed by atoms with E-state index in [1.807, 2.05) is 0 Å². The molecule has 3 nitrogen and oxygen atoms in total. The monoisotopic (exact) mass is 191 g/mol. The molecule has 0 atom stereocenters. The summed E-state index contributed by atoms with van der Waals surface area (Å²) < 4.78 is 0. The van der Waals surface area contributed by atoms with E-state index in [9.17, 15) is 0 Å². The molecule has 2 rings (SSSR count). The molecule has 11 heavy (non-hydrogen) atoms. The molecule has 0 saturated heterocycles. The Morgan fingerprint density at radius 3 is 3.18 bits per heavy atom. The van der Waals surface area contributed by atoms with E-state index in [2.05, 4.69) is 15.3 Å². The van der Waals surface area contributed by atoms with Gasteiger partial charge in [0.05, 0.1) is 17.6 Å². The van der Waals surface area contributed by atoms with Gasteiger partial charge >= 0.3 is 0 Å². The number of rotatable bonds is 0. The summed E-state index contributed by atoms with van der Waals surface area (Å²) in [5, 5.41) is 3.48. The Balaban J connectivity index is 0.000000605. The molecule has 1 aromatic heterocycles. The van der Waals surface area contributed by atoms with Crippen molar-refractivity contribution in [3.05, 3.63) is 17.2 Å². The molecule has 0 aromatic carbocycles. The van der Waals surface area contributed by atoms with Crippen molar-refractivity contribution in [1.29, 1.82) is 0 Å². The summed E-state index contributed by atoms with van der Waals surface area (Å²) in [6, 6.07) is 0. The van der Waals surface area contributed by atoms with Crippen molar-refractivity contribution in [3.63, 3.8) is 0 Å². The molecule has 1 N–H and O–H groups in total. The van der Waals surface area contributed by atoms with Crippen molar-refractivity contribution in [1.82, 2.24) is 9.97 Å². The van der Waals surface area contributed by atoms with Crippen LogP contribution < -0.4 is 5.32 Å². The van der Waals surface area contributed by atoms with Crippen molar-refractivity contribution in [2.24, 2.45) is 0 Å². The number of hydrogen-bond acceptors (Lipinski definition) is 3. The number of halogens is 2. The fourth-order valence-corrected chi connectivity index (χ4v) is 1.20. The second kappa shape index (κ2) is 3.24. The number of nitrogens with zero attached hydrogens (tertiary/aromatic N) is 2. The van der Waals surface area contributed by atoms with Gasteiger partial charge in [0.15, 0.2) is 0 Å². The van der Waals surface area contributed by atoms with Crippen molar-refractivity contribution < 1.29 is 0 Å². The van der Waals surface area contributed by atoms with Crippen LogP contribution in [0.5, 0.6) is 0 Å². The maximum absolute atomic E-state index is 5.57. The first kappa shape index (κ1) is 8.56. The zero-order chi connectivity index (χ0) is 6.97. The zero-order valence-corrected chi connectivity index (χ0v) is 7.24. The SMILES string of the molecule is Cl.Clc1ncc2c(n1)CCN2. The summed E-state index contributed by atoms with van der Waals surface area (Å²) in [4.78, 5) is 7.89. The molecule has 0 aliphatic carbocycles. The third-order valence-corrected chi connectivity index (χ3v) is 1.70. The first-order valence-electron chi connectivity index (χ1n) is 3.11. The van der Waals surface area contributed by atoms with E-state index in [1.165, 1.54) is 0 Å². The molecule has 0 fully saturated rings. The van der Waals surface area contributed by atoms with Gasteiger partial charge in [0.25, 0.3) is 0 Å². The minimum Gasteiger partial charge on any atom is -0.382 e. The molecular weight excluding hydrogens is 185 g/mol. The Morgan fingerprint density at radius 1 is 1.55 bits per heavy atom. The molecule has 0 unspecified atom stereocenters. The van der Waals surface area contributed by atoms with Crippen LogP contribution in [0.1, 0.15) is 5.69 Å². The van der Waals surface area contributed by atoms with E-state index in [-0.39, 0.29) is 12.4 Å². The highest BCUT2D eigenvalue weighted by molar-refractivity contribution is 6.28. The first-order valence-corrected chi connectivity index (χ1v) is 3.49. The van der Waals surface area contributed by atoms with Crippen LogP contribution in [0.3, 0.4) is 0 Å². The minimum absolute atomic E-state index is 0. The highest BCUT2D eigenvalue weighted by Crippen LogP contribution is 2.19. The van der Waals surface area contributed by atoms with Crippen LogP contribution in [0.4, 0.5) is 5.69 Å². The average molecular weight is 192 g/mol. The van der Waals surface area contributed by atoms with Crippen molar-refractivity contribution in [2.45, 2.75) is 6.42 Å². The maximum atomic E-state index is 5.57. The summed E-state index contributed by atoms with van der Waals surface area (Å²) in [5.41, 5.74) is 2.05. The van der Waals surface area contributed by atoms with Gasteiger partial charge in [-0.05, 0) is 11.6 Å². The van der Waals surface area contributed by atoms with Crippen LogP contribution in [0, 0.1) is 0 Å². The molecule has 2 heterocycles. The first-order chi connectivity index (χ1) is 4.86. The van der Waals surface area contributed by atoms with Crippen molar-refractivity contribution >= 4 is 29.7 Å². The lowest BCUT2D eigenvalue weighted by Gasteiger charge is -1.95. The van der Waals surface area contributed by atoms with Crippen molar-refractivity contribution in [3.8, 4) is 0 Å². The largest absolute Gasteiger partial charge is 0.382 e. The Labute approximate surface area is 75.6 Å². The lowest BCUT2D eigenvalue weighted by Crippen LogP contribution is -1.90. The quantitative estimate of drug-likeness (QED) is 0.633. The van der Waals surface area contributed by atoms with E-state index in [0.29, 0.717) is 5.28 Å². The molecule has 0 amide bonds. The van der Waals surface area contributed by atoms with E-state index in [0.717, 1.165) is 24.3 Å². The molecular formula is C6H7Cl2N3. The Morgan fingerprint density at radius 2 is 2.36 bits per heavy atom. The van der Waals surface area contributed by atoms with Crippen LogP contribution in [-0.4, -0.2) is 16.5 Å². The van der Waals surface area contributed by atoms with Crippen LogP contribution in [0.15, 0.2) is 6.20 Å². The average Bonchev–Trinajstić information content (AvgIpc) is 2.33. The normalized spacial score (nSPS) is 13.2. The van der Waals surface area contributed by atoms with Crippen LogP contribution in [-0.2, 0) is 6.42 Å². The smallest absolute Gasteiger partial charge is 0.222 e. The van der Waals surface area contributed by atoms with Crippen LogP contribution in [0.25, 0.3) is 0 Å². The van der Waals surface area contributed by atoms with Gasteiger partial charge in [0.2, 0.25) is 5.28 Å². The number of anilines is 1. The topological polar surface area (TPSA) is 37.8 Å². The molecule has 1 aliphatic heterocycles. The number of fused-ring (bicyclic) bond motifs is 1. The van der Waals surface area contributed by atoms with Gasteiger partial charge in [-0.15, -0.1) is 12.4 Å². The molecule has 0 bridgehead atoms. The third-order valence-electron chi connectivity index (χ3n) is 1.52. The summed E-state index contributed by atoms with van der Waals surface area (Å²) in [5.74, 6) is 0. The Bertz CT molecular complexity index is 264. The van der Waals surface area contributed by atoms with Gasteiger partial charge in [-0.25, -0.2) is 9.97 Å². The van der Waals surface area contributed by atoms with Gasteiger partial charge in [-0.1, -0.05) is 0 Å². The summed E-state index contributed by atoms with van der Waals surface area (Å²) in [6.45, 7) is 0.949. The third kappa shape index (κ3) is 1.54. The van der Waals surface area contributed by atoms with Gasteiger partial charge < -0.3 is 5.32 Å². The summed E-state index contributed by atoms with van der Waals surface area (Å²) in [7, 11) is 0. The molecule has 5 heteroatoms. The molecule has 0 saturated carbocycles.